The molecule has 0 aliphatic rings. The molecule has 0 unspecified atom stereocenters. The molecule has 0 spiro atoms. The van der Waals surface area contributed by atoms with E-state index in [0.29, 0.717) is 17.9 Å². The van der Waals surface area contributed by atoms with Crippen molar-refractivity contribution >= 4 is 84.0 Å². The molecule has 0 N–H and O–H groups in total. The van der Waals surface area contributed by atoms with E-state index >= 15 is 0 Å². The maximum absolute atomic E-state index is 10.5. The number of benzene rings is 2. The van der Waals surface area contributed by atoms with Crippen molar-refractivity contribution in [1.29, 1.82) is 0 Å². The van der Waals surface area contributed by atoms with Crippen molar-refractivity contribution in [3.8, 4) is 0 Å². The van der Waals surface area contributed by atoms with Gasteiger partial charge in [0.05, 0.1) is 9.79 Å². The van der Waals surface area contributed by atoms with Crippen LogP contribution < -0.4 is 0 Å². The van der Waals surface area contributed by atoms with E-state index in [9.17, 15) is 25.9 Å². The SMILES string of the molecule is O=S(=O)([O-])c1ccc(Br)c(Br)c1.O=S(=O)([O-])c1ccc(Br)c(Br)c1.[Cd+2]. The molecule has 13 heteroatoms. The third-order valence-electron chi connectivity index (χ3n) is 2.36. The van der Waals surface area contributed by atoms with Crippen molar-refractivity contribution in [1.82, 2.24) is 0 Å². The van der Waals surface area contributed by atoms with Crippen LogP contribution in [0, 0.1) is 0 Å². The summed E-state index contributed by atoms with van der Waals surface area (Å²) in [6.45, 7) is 0. The third-order valence-corrected chi connectivity index (χ3v) is 7.78. The predicted molar refractivity (Wildman–Crippen MR) is 99.6 cm³/mol. The van der Waals surface area contributed by atoms with E-state index in [1.807, 2.05) is 0 Å². The Labute approximate surface area is 199 Å². The minimum atomic E-state index is -4.34. The minimum absolute atomic E-state index is 0. The van der Waals surface area contributed by atoms with Gasteiger partial charge < -0.3 is 9.11 Å². The Hall–Kier alpha value is 1.10. The Morgan fingerprint density at radius 3 is 1.08 bits per heavy atom. The first-order chi connectivity index (χ1) is 10.8. The average Bonchev–Trinajstić information content (AvgIpc) is 2.43. The van der Waals surface area contributed by atoms with E-state index in [-0.39, 0.29) is 37.1 Å². The molecule has 132 valence electrons. The summed E-state index contributed by atoms with van der Waals surface area (Å²) in [4.78, 5) is -0.477. The van der Waals surface area contributed by atoms with Crippen LogP contribution >= 0.6 is 63.7 Å². The molecule has 0 bridgehead atoms. The number of halogens is 4. The van der Waals surface area contributed by atoms with Crippen molar-refractivity contribution in [2.24, 2.45) is 0 Å². The van der Waals surface area contributed by atoms with E-state index in [0.717, 1.165) is 0 Å². The first-order valence-electron chi connectivity index (χ1n) is 5.64. The van der Waals surface area contributed by atoms with Crippen LogP contribution in [0.4, 0.5) is 0 Å². The molecule has 0 fully saturated rings. The fourth-order valence-corrected chi connectivity index (χ4v) is 3.81. The maximum atomic E-state index is 10.5. The van der Waals surface area contributed by atoms with Gasteiger partial charge in [0.1, 0.15) is 20.2 Å². The molecule has 0 aliphatic carbocycles. The number of rotatable bonds is 2. The Morgan fingerprint density at radius 1 is 0.600 bits per heavy atom. The second-order valence-electron chi connectivity index (χ2n) is 4.06. The van der Waals surface area contributed by atoms with Gasteiger partial charge >= 0.3 is 27.3 Å². The van der Waals surface area contributed by atoms with Crippen LogP contribution in [0.25, 0.3) is 0 Å². The van der Waals surface area contributed by atoms with Crippen LogP contribution in [0.15, 0.2) is 64.1 Å². The molecule has 2 rings (SSSR count). The Kier molecular flexibility index (Phi) is 11.1. The first-order valence-corrected chi connectivity index (χ1v) is 11.6. The normalized spacial score (nSPS) is 11.1. The van der Waals surface area contributed by atoms with Crippen LogP contribution in [0.3, 0.4) is 0 Å². The number of hydrogen-bond acceptors (Lipinski definition) is 6. The molecule has 0 aromatic heterocycles. The van der Waals surface area contributed by atoms with E-state index in [2.05, 4.69) is 63.7 Å². The molecule has 0 saturated heterocycles. The monoisotopic (exact) mass is 740 g/mol. The molecule has 0 radical (unpaired) electrons. The van der Waals surface area contributed by atoms with Crippen LogP contribution in [0.1, 0.15) is 0 Å². The Morgan fingerprint density at radius 2 is 0.880 bits per heavy atom. The smallest absolute Gasteiger partial charge is 0.744 e. The summed E-state index contributed by atoms with van der Waals surface area (Å²) in [6, 6.07) is 8.00. The van der Waals surface area contributed by atoms with Crippen LogP contribution in [0.2, 0.25) is 0 Å². The summed E-state index contributed by atoms with van der Waals surface area (Å²) in [5, 5.41) is 0. The number of hydrogen-bond donors (Lipinski definition) is 0. The standard InChI is InChI=1S/2C6H4Br2O3S.Cd/c2*7-5-2-1-4(3-6(5)8)12(9,10)11;/h2*1-3H,(H,9,10,11);/q;;+2/p-2. The van der Waals surface area contributed by atoms with E-state index in [1.54, 1.807) is 0 Å². The predicted octanol–water partition coefficient (Wildman–Crippen LogP) is 4.23. The van der Waals surface area contributed by atoms with Gasteiger partial charge in [0.2, 0.25) is 0 Å². The van der Waals surface area contributed by atoms with Crippen molar-refractivity contribution < 1.29 is 53.2 Å². The van der Waals surface area contributed by atoms with Crippen molar-refractivity contribution in [3.63, 3.8) is 0 Å². The first kappa shape index (κ1) is 26.1. The minimum Gasteiger partial charge on any atom is -0.744 e. The molecule has 0 heterocycles. The fraction of sp³-hybridized carbons (Fsp3) is 0. The Bertz CT molecular complexity index is 884. The van der Waals surface area contributed by atoms with Gasteiger partial charge in [-0.25, -0.2) is 16.8 Å². The zero-order chi connectivity index (χ0) is 18.7. The van der Waals surface area contributed by atoms with Gasteiger partial charge in [0, 0.05) is 17.9 Å². The van der Waals surface area contributed by atoms with Gasteiger partial charge in [-0.1, -0.05) is 0 Å². The third kappa shape index (κ3) is 8.76. The molecule has 0 aliphatic heterocycles. The van der Waals surface area contributed by atoms with E-state index in [4.69, 9.17) is 0 Å². The quantitative estimate of drug-likeness (QED) is 0.337. The summed E-state index contributed by atoms with van der Waals surface area (Å²) < 4.78 is 65.5. The fourth-order valence-electron chi connectivity index (χ4n) is 1.26. The maximum Gasteiger partial charge on any atom is 2.00 e. The molecule has 0 saturated carbocycles. The second-order valence-corrected chi connectivity index (χ2v) is 10.2. The van der Waals surface area contributed by atoms with Gasteiger partial charge in [-0.15, -0.1) is 0 Å². The summed E-state index contributed by atoms with van der Waals surface area (Å²) in [5.41, 5.74) is 0. The molecule has 25 heavy (non-hydrogen) atoms. The Balaban J connectivity index is 0.000000443. The van der Waals surface area contributed by atoms with Crippen molar-refractivity contribution in [2.45, 2.75) is 9.79 Å². The van der Waals surface area contributed by atoms with Gasteiger partial charge in [-0.3, -0.25) is 0 Å². The van der Waals surface area contributed by atoms with Crippen molar-refractivity contribution in [2.75, 3.05) is 0 Å². The summed E-state index contributed by atoms with van der Waals surface area (Å²) in [5.74, 6) is 0. The summed E-state index contributed by atoms with van der Waals surface area (Å²) in [7, 11) is -8.69. The molecule has 6 nitrogen and oxygen atoms in total. The molecule has 0 atom stereocenters. The van der Waals surface area contributed by atoms with Crippen molar-refractivity contribution in [3.05, 3.63) is 54.3 Å². The van der Waals surface area contributed by atoms with Crippen LogP contribution in [-0.2, 0) is 47.5 Å². The second kappa shape index (κ2) is 10.6. The molecular formula is C12H6Br4CdO6S2. The zero-order valence-corrected chi connectivity index (χ0v) is 24.0. The summed E-state index contributed by atoms with van der Waals surface area (Å²) >= 11 is 12.5. The van der Waals surface area contributed by atoms with Gasteiger partial charge in [-0.05, 0) is 100 Å². The zero-order valence-electron chi connectivity index (χ0n) is 11.9. The molecular weight excluding hydrogens is 736 g/mol. The van der Waals surface area contributed by atoms with Crippen LogP contribution in [0.5, 0.6) is 0 Å². The largest absolute Gasteiger partial charge is 2.00 e. The van der Waals surface area contributed by atoms with E-state index < -0.39 is 20.2 Å². The molecule has 2 aromatic rings. The molecule has 2 aromatic carbocycles. The van der Waals surface area contributed by atoms with E-state index in [1.165, 1.54) is 36.4 Å². The summed E-state index contributed by atoms with van der Waals surface area (Å²) in [6.07, 6.45) is 0. The molecule has 0 amide bonds. The topological polar surface area (TPSA) is 114 Å². The average molecular weight is 742 g/mol. The van der Waals surface area contributed by atoms with Gasteiger partial charge in [0.15, 0.2) is 0 Å². The van der Waals surface area contributed by atoms with Crippen LogP contribution in [-0.4, -0.2) is 25.9 Å². The van der Waals surface area contributed by atoms with Gasteiger partial charge in [0.25, 0.3) is 0 Å². The van der Waals surface area contributed by atoms with Gasteiger partial charge in [-0.2, -0.15) is 0 Å².